The number of halogens is 3. The summed E-state index contributed by atoms with van der Waals surface area (Å²) in [6.45, 7) is 3.65. The molecule has 0 rings (SSSR count). The summed E-state index contributed by atoms with van der Waals surface area (Å²) >= 11 is 0. The Bertz CT molecular complexity index is 290. The van der Waals surface area contributed by atoms with Crippen molar-refractivity contribution in [1.29, 1.82) is 0 Å². The molecule has 0 heterocycles. The Hall–Kier alpha value is -1.27. The maximum Gasteiger partial charge on any atom is 0.471 e. The van der Waals surface area contributed by atoms with Gasteiger partial charge in [0.15, 0.2) is 0 Å². The van der Waals surface area contributed by atoms with Gasteiger partial charge in [-0.2, -0.15) is 13.2 Å². The zero-order valence-corrected chi connectivity index (χ0v) is 10.6. The fourth-order valence-electron chi connectivity index (χ4n) is 1.48. The van der Waals surface area contributed by atoms with Crippen LogP contribution in [0.2, 0.25) is 0 Å². The van der Waals surface area contributed by atoms with Crippen LogP contribution in [0.5, 0.6) is 0 Å². The van der Waals surface area contributed by atoms with Gasteiger partial charge >= 0.3 is 18.1 Å². The lowest BCUT2D eigenvalue weighted by Crippen LogP contribution is -2.43. The molecule has 0 aliphatic heterocycles. The number of nitrogens with one attached hydrogen (secondary N) is 1. The van der Waals surface area contributed by atoms with Crippen molar-refractivity contribution in [2.24, 2.45) is 5.92 Å². The Morgan fingerprint density at radius 3 is 2.22 bits per heavy atom. The van der Waals surface area contributed by atoms with Gasteiger partial charge in [-0.1, -0.05) is 13.8 Å². The van der Waals surface area contributed by atoms with Crippen LogP contribution in [0.25, 0.3) is 0 Å². The summed E-state index contributed by atoms with van der Waals surface area (Å²) in [4.78, 5) is 21.7. The van der Waals surface area contributed by atoms with E-state index in [1.54, 1.807) is 0 Å². The van der Waals surface area contributed by atoms with Crippen LogP contribution in [0.1, 0.15) is 33.1 Å². The first kappa shape index (κ1) is 16.7. The molecule has 1 amide bonds. The second-order valence-electron chi connectivity index (χ2n) is 4.41. The highest BCUT2D eigenvalue weighted by molar-refractivity contribution is 5.82. The van der Waals surface area contributed by atoms with Gasteiger partial charge in [-0.15, -0.1) is 0 Å². The number of hydrogen-bond donors (Lipinski definition) is 1. The van der Waals surface area contributed by atoms with Gasteiger partial charge in [0.25, 0.3) is 0 Å². The molecule has 0 aliphatic rings. The standard InChI is InChI=1S/C11H18F3NO3/c1-7(2)6-8(4-5-9(16)18-3)15-10(17)11(12,13)14/h7-8H,4-6H2,1-3H3,(H,15,17)/t8-/m1/s1. The maximum atomic E-state index is 12.1. The van der Waals surface area contributed by atoms with Crippen LogP contribution >= 0.6 is 0 Å². The van der Waals surface area contributed by atoms with E-state index in [-0.39, 0.29) is 18.8 Å². The van der Waals surface area contributed by atoms with E-state index in [0.717, 1.165) is 0 Å². The SMILES string of the molecule is COC(=O)CC[C@H](CC(C)C)NC(=O)C(F)(F)F. The maximum absolute atomic E-state index is 12.1. The molecule has 0 fully saturated rings. The second-order valence-corrected chi connectivity index (χ2v) is 4.41. The molecule has 4 nitrogen and oxygen atoms in total. The average Bonchev–Trinajstić information content (AvgIpc) is 2.23. The molecule has 18 heavy (non-hydrogen) atoms. The molecule has 7 heteroatoms. The molecular weight excluding hydrogens is 251 g/mol. The second kappa shape index (κ2) is 7.23. The Labute approximate surface area is 104 Å². The zero-order chi connectivity index (χ0) is 14.3. The van der Waals surface area contributed by atoms with Gasteiger partial charge in [0.05, 0.1) is 7.11 Å². The first-order valence-electron chi connectivity index (χ1n) is 5.61. The van der Waals surface area contributed by atoms with Crippen LogP contribution in [-0.2, 0) is 14.3 Å². The Morgan fingerprint density at radius 2 is 1.83 bits per heavy atom. The Morgan fingerprint density at radius 1 is 1.28 bits per heavy atom. The summed E-state index contributed by atoms with van der Waals surface area (Å²) in [5.74, 6) is -2.37. The Balaban J connectivity index is 4.40. The summed E-state index contributed by atoms with van der Waals surface area (Å²) < 4.78 is 40.7. The summed E-state index contributed by atoms with van der Waals surface area (Å²) in [7, 11) is 1.20. The molecule has 0 bridgehead atoms. The van der Waals surface area contributed by atoms with E-state index in [1.807, 2.05) is 19.2 Å². The third-order valence-corrected chi connectivity index (χ3v) is 2.27. The van der Waals surface area contributed by atoms with Gasteiger partial charge < -0.3 is 10.1 Å². The van der Waals surface area contributed by atoms with Crippen LogP contribution in [-0.4, -0.2) is 31.2 Å². The van der Waals surface area contributed by atoms with Crippen molar-refractivity contribution in [3.63, 3.8) is 0 Å². The summed E-state index contributed by atoms with van der Waals surface area (Å²) in [6, 6.07) is -0.682. The minimum absolute atomic E-state index is 0.0218. The fraction of sp³-hybridized carbons (Fsp3) is 0.818. The predicted molar refractivity (Wildman–Crippen MR) is 58.7 cm³/mol. The smallest absolute Gasteiger partial charge is 0.469 e. The van der Waals surface area contributed by atoms with E-state index in [0.29, 0.717) is 6.42 Å². The highest BCUT2D eigenvalue weighted by atomic mass is 19.4. The molecule has 0 saturated carbocycles. The van der Waals surface area contributed by atoms with E-state index in [4.69, 9.17) is 0 Å². The number of carbonyl (C=O) groups excluding carboxylic acids is 2. The van der Waals surface area contributed by atoms with E-state index in [9.17, 15) is 22.8 Å². The minimum Gasteiger partial charge on any atom is -0.469 e. The number of esters is 1. The number of alkyl halides is 3. The highest BCUT2D eigenvalue weighted by Gasteiger charge is 2.39. The van der Waals surface area contributed by atoms with Crippen molar-refractivity contribution in [2.45, 2.75) is 45.3 Å². The van der Waals surface area contributed by atoms with Gasteiger partial charge in [-0.05, 0) is 18.8 Å². The van der Waals surface area contributed by atoms with Crippen molar-refractivity contribution in [2.75, 3.05) is 7.11 Å². The summed E-state index contributed by atoms with van der Waals surface area (Å²) in [5.41, 5.74) is 0. The summed E-state index contributed by atoms with van der Waals surface area (Å²) in [6.07, 6.45) is -4.42. The first-order chi connectivity index (χ1) is 8.16. The largest absolute Gasteiger partial charge is 0.471 e. The van der Waals surface area contributed by atoms with E-state index in [2.05, 4.69) is 4.74 Å². The van der Waals surface area contributed by atoms with Crippen LogP contribution in [0.15, 0.2) is 0 Å². The van der Waals surface area contributed by atoms with Gasteiger partial charge in [-0.3, -0.25) is 9.59 Å². The first-order valence-corrected chi connectivity index (χ1v) is 5.61. The van der Waals surface area contributed by atoms with Crippen molar-refractivity contribution in [1.82, 2.24) is 5.32 Å². The van der Waals surface area contributed by atoms with Gasteiger partial charge in [0.1, 0.15) is 0 Å². The van der Waals surface area contributed by atoms with Crippen LogP contribution in [0, 0.1) is 5.92 Å². The van der Waals surface area contributed by atoms with Gasteiger partial charge in [0.2, 0.25) is 0 Å². The lowest BCUT2D eigenvalue weighted by molar-refractivity contribution is -0.174. The fourth-order valence-corrected chi connectivity index (χ4v) is 1.48. The molecule has 106 valence electrons. The van der Waals surface area contributed by atoms with Crippen molar-refractivity contribution < 1.29 is 27.5 Å². The normalized spacial score (nSPS) is 13.3. The number of amides is 1. The van der Waals surface area contributed by atoms with Crippen molar-refractivity contribution in [3.8, 4) is 0 Å². The van der Waals surface area contributed by atoms with E-state index < -0.39 is 24.1 Å². The molecule has 0 spiro atoms. The Kier molecular flexibility index (Phi) is 6.72. The highest BCUT2D eigenvalue weighted by Crippen LogP contribution is 2.17. The molecule has 0 unspecified atom stereocenters. The lowest BCUT2D eigenvalue weighted by atomic mass is 9.99. The predicted octanol–water partition coefficient (Wildman–Crippen LogP) is 2.03. The third kappa shape index (κ3) is 7.13. The zero-order valence-electron chi connectivity index (χ0n) is 10.6. The lowest BCUT2D eigenvalue weighted by Gasteiger charge is -2.20. The summed E-state index contributed by atoms with van der Waals surface area (Å²) in [5, 5.41) is 1.90. The van der Waals surface area contributed by atoms with Crippen molar-refractivity contribution >= 4 is 11.9 Å². The molecule has 0 saturated heterocycles. The topological polar surface area (TPSA) is 55.4 Å². The minimum atomic E-state index is -4.90. The third-order valence-electron chi connectivity index (χ3n) is 2.27. The van der Waals surface area contributed by atoms with Crippen molar-refractivity contribution in [3.05, 3.63) is 0 Å². The van der Waals surface area contributed by atoms with Gasteiger partial charge in [0, 0.05) is 12.5 Å². The molecule has 0 aliphatic carbocycles. The number of carbonyl (C=O) groups is 2. The van der Waals surface area contributed by atoms with Crippen LogP contribution < -0.4 is 5.32 Å². The monoisotopic (exact) mass is 269 g/mol. The molecular formula is C11H18F3NO3. The molecule has 0 aromatic rings. The molecule has 1 atom stereocenters. The van der Waals surface area contributed by atoms with Crippen LogP contribution in [0.4, 0.5) is 13.2 Å². The number of hydrogen-bond acceptors (Lipinski definition) is 3. The molecule has 0 radical (unpaired) electrons. The molecule has 1 N–H and O–H groups in total. The molecule has 0 aromatic carbocycles. The van der Waals surface area contributed by atoms with E-state index >= 15 is 0 Å². The molecule has 0 aromatic heterocycles. The van der Waals surface area contributed by atoms with E-state index in [1.165, 1.54) is 7.11 Å². The number of ether oxygens (including phenoxy) is 1. The average molecular weight is 269 g/mol. The number of rotatable bonds is 6. The number of methoxy groups -OCH3 is 1. The van der Waals surface area contributed by atoms with Gasteiger partial charge in [-0.25, -0.2) is 0 Å². The quantitative estimate of drug-likeness (QED) is 0.751. The van der Waals surface area contributed by atoms with Crippen LogP contribution in [0.3, 0.4) is 0 Å².